The molecule has 0 unspecified atom stereocenters. The van der Waals surface area contributed by atoms with E-state index in [9.17, 15) is 22.8 Å². The highest BCUT2D eigenvalue weighted by Gasteiger charge is 2.38. The summed E-state index contributed by atoms with van der Waals surface area (Å²) in [6, 6.07) is 9.84. The maximum Gasteiger partial charge on any atom is 0.453 e. The molecule has 2 rings (SSSR count). The van der Waals surface area contributed by atoms with Crippen LogP contribution in [0.5, 0.6) is 5.88 Å². The van der Waals surface area contributed by atoms with Gasteiger partial charge in [0.05, 0.1) is 11.3 Å². The Morgan fingerprint density at radius 1 is 1.22 bits per heavy atom. The molecule has 1 amide bonds. The molecule has 0 spiro atoms. The van der Waals surface area contributed by atoms with E-state index in [-0.39, 0.29) is 16.8 Å². The molecule has 140 valence electrons. The van der Waals surface area contributed by atoms with Crippen molar-refractivity contribution in [2.45, 2.75) is 20.0 Å². The second-order valence-electron chi connectivity index (χ2n) is 5.62. The normalized spacial score (nSPS) is 10.8. The van der Waals surface area contributed by atoms with Gasteiger partial charge in [-0.3, -0.25) is 9.59 Å². The van der Waals surface area contributed by atoms with E-state index in [1.165, 1.54) is 6.92 Å². The van der Waals surface area contributed by atoms with Crippen LogP contribution in [-0.4, -0.2) is 29.5 Å². The molecule has 0 atom stereocenters. The van der Waals surface area contributed by atoms with Crippen molar-refractivity contribution in [2.24, 2.45) is 0 Å². The highest BCUT2D eigenvalue weighted by Crippen LogP contribution is 2.22. The Morgan fingerprint density at radius 3 is 2.41 bits per heavy atom. The van der Waals surface area contributed by atoms with Crippen molar-refractivity contribution in [2.75, 3.05) is 11.9 Å². The van der Waals surface area contributed by atoms with Crippen LogP contribution in [0, 0.1) is 25.2 Å². The molecule has 0 bridgehead atoms. The third kappa shape index (κ3) is 5.04. The summed E-state index contributed by atoms with van der Waals surface area (Å²) in [5.41, 5.74) is 1.46. The van der Waals surface area contributed by atoms with Gasteiger partial charge in [-0.05, 0) is 32.0 Å². The lowest BCUT2D eigenvalue weighted by Gasteiger charge is -2.12. The lowest BCUT2D eigenvalue weighted by Crippen LogP contribution is -2.29. The molecule has 0 fully saturated rings. The third-order valence-electron chi connectivity index (χ3n) is 3.51. The minimum Gasteiger partial charge on any atom is -0.468 e. The Labute approximate surface area is 152 Å². The van der Waals surface area contributed by atoms with Gasteiger partial charge >= 0.3 is 6.18 Å². The molecule has 6 nitrogen and oxygen atoms in total. The Hall–Kier alpha value is -3.41. The number of nitrogens with zero attached hydrogens (tertiary/aromatic N) is 2. The molecule has 2 aromatic rings. The largest absolute Gasteiger partial charge is 0.468 e. The number of Topliss-reactive ketones (excluding diaryl/α,β-unsaturated/α-hetero) is 1. The molecule has 1 N–H and O–H groups in total. The summed E-state index contributed by atoms with van der Waals surface area (Å²) in [7, 11) is 0. The first-order chi connectivity index (χ1) is 12.6. The van der Waals surface area contributed by atoms with Crippen LogP contribution in [0.3, 0.4) is 0 Å². The summed E-state index contributed by atoms with van der Waals surface area (Å²) in [5.74, 6) is -3.09. The van der Waals surface area contributed by atoms with E-state index in [1.54, 1.807) is 30.3 Å². The SMILES string of the molecule is Cc1ccc(NC(=O)c2cc(C#N)c(OCC(=O)C(F)(F)F)nc2C)cc1. The van der Waals surface area contributed by atoms with Crippen LogP contribution >= 0.6 is 0 Å². The summed E-state index contributed by atoms with van der Waals surface area (Å²) in [5, 5.41) is 11.8. The van der Waals surface area contributed by atoms with E-state index in [4.69, 9.17) is 10.00 Å². The fourth-order valence-corrected chi connectivity index (χ4v) is 2.05. The summed E-state index contributed by atoms with van der Waals surface area (Å²) < 4.78 is 41.5. The molecule has 0 aliphatic heterocycles. The Kier molecular flexibility index (Phi) is 5.80. The number of anilines is 1. The topological polar surface area (TPSA) is 92.1 Å². The van der Waals surface area contributed by atoms with Gasteiger partial charge in [0.15, 0.2) is 6.61 Å². The summed E-state index contributed by atoms with van der Waals surface area (Å²) in [6.45, 7) is 2.02. The van der Waals surface area contributed by atoms with Crippen molar-refractivity contribution in [3.05, 3.63) is 52.7 Å². The number of hydrogen-bond acceptors (Lipinski definition) is 5. The van der Waals surface area contributed by atoms with Crippen molar-refractivity contribution >= 4 is 17.4 Å². The van der Waals surface area contributed by atoms with Gasteiger partial charge in [0.2, 0.25) is 5.88 Å². The minimum atomic E-state index is -5.05. The van der Waals surface area contributed by atoms with Gasteiger partial charge in [0.25, 0.3) is 11.7 Å². The predicted octanol–water partition coefficient (Wildman–Crippen LogP) is 3.33. The van der Waals surface area contributed by atoms with Crippen LogP contribution in [-0.2, 0) is 4.79 Å². The van der Waals surface area contributed by atoms with Gasteiger partial charge in [-0.25, -0.2) is 4.98 Å². The zero-order chi connectivity index (χ0) is 20.2. The van der Waals surface area contributed by atoms with Crippen molar-refractivity contribution < 1.29 is 27.5 Å². The number of alkyl halides is 3. The van der Waals surface area contributed by atoms with E-state index < -0.39 is 30.4 Å². The number of pyridine rings is 1. The number of nitrogens with one attached hydrogen (secondary N) is 1. The number of benzene rings is 1. The van der Waals surface area contributed by atoms with E-state index in [1.807, 2.05) is 6.92 Å². The second kappa shape index (κ2) is 7.86. The molecule has 0 aliphatic carbocycles. The molecule has 1 heterocycles. The standard InChI is InChI=1S/C18H14F3N3O3/c1-10-3-5-13(6-4-10)24-16(26)14-7-12(8-22)17(23-11(14)2)27-9-15(25)18(19,20)21/h3-7H,9H2,1-2H3,(H,24,26). The highest BCUT2D eigenvalue weighted by atomic mass is 19.4. The summed E-state index contributed by atoms with van der Waals surface area (Å²) >= 11 is 0. The third-order valence-corrected chi connectivity index (χ3v) is 3.51. The van der Waals surface area contributed by atoms with Gasteiger partial charge in [-0.2, -0.15) is 18.4 Å². The maximum absolute atomic E-state index is 12.4. The number of rotatable bonds is 5. The number of ether oxygens (including phenoxy) is 1. The first-order valence-electron chi connectivity index (χ1n) is 7.64. The number of halogens is 3. The van der Waals surface area contributed by atoms with Crippen LogP contribution in [0.2, 0.25) is 0 Å². The summed E-state index contributed by atoms with van der Waals surface area (Å²) in [6.07, 6.45) is -5.05. The van der Waals surface area contributed by atoms with Crippen LogP contribution < -0.4 is 10.1 Å². The molecule has 0 saturated carbocycles. The van der Waals surface area contributed by atoms with Gasteiger partial charge < -0.3 is 10.1 Å². The Balaban J connectivity index is 2.22. The number of ketones is 1. The fourth-order valence-electron chi connectivity index (χ4n) is 2.05. The lowest BCUT2D eigenvalue weighted by molar-refractivity contribution is -0.173. The molecule has 1 aromatic heterocycles. The zero-order valence-electron chi connectivity index (χ0n) is 14.3. The van der Waals surface area contributed by atoms with Crippen molar-refractivity contribution in [3.63, 3.8) is 0 Å². The molecule has 0 radical (unpaired) electrons. The number of aryl methyl sites for hydroxylation is 2. The smallest absolute Gasteiger partial charge is 0.453 e. The number of hydrogen-bond donors (Lipinski definition) is 1. The average Bonchev–Trinajstić information content (AvgIpc) is 2.60. The molecule has 0 aliphatic rings. The molecule has 1 aromatic carbocycles. The van der Waals surface area contributed by atoms with Crippen LogP contribution in [0.15, 0.2) is 30.3 Å². The first kappa shape index (κ1) is 19.9. The van der Waals surface area contributed by atoms with Crippen molar-refractivity contribution in [1.82, 2.24) is 4.98 Å². The van der Waals surface area contributed by atoms with E-state index >= 15 is 0 Å². The number of amides is 1. The maximum atomic E-state index is 12.4. The van der Waals surface area contributed by atoms with Gasteiger partial charge in [0.1, 0.15) is 11.6 Å². The minimum absolute atomic E-state index is 0.0571. The van der Waals surface area contributed by atoms with E-state index in [2.05, 4.69) is 10.3 Å². The van der Waals surface area contributed by atoms with Crippen molar-refractivity contribution in [1.29, 1.82) is 5.26 Å². The van der Waals surface area contributed by atoms with Gasteiger partial charge in [-0.1, -0.05) is 17.7 Å². The Bertz CT molecular complexity index is 916. The quantitative estimate of drug-likeness (QED) is 0.863. The predicted molar refractivity (Wildman–Crippen MR) is 89.4 cm³/mol. The van der Waals surface area contributed by atoms with Gasteiger partial charge in [0, 0.05) is 5.69 Å². The number of aromatic nitrogens is 1. The van der Waals surface area contributed by atoms with Crippen molar-refractivity contribution in [3.8, 4) is 11.9 Å². The molecule has 27 heavy (non-hydrogen) atoms. The van der Waals surface area contributed by atoms with Crippen LogP contribution in [0.25, 0.3) is 0 Å². The van der Waals surface area contributed by atoms with E-state index in [0.29, 0.717) is 5.69 Å². The second-order valence-corrected chi connectivity index (χ2v) is 5.62. The van der Waals surface area contributed by atoms with Gasteiger partial charge in [-0.15, -0.1) is 0 Å². The fraction of sp³-hybridized carbons (Fsp3) is 0.222. The van der Waals surface area contributed by atoms with E-state index in [0.717, 1.165) is 11.6 Å². The summed E-state index contributed by atoms with van der Waals surface area (Å²) in [4.78, 5) is 27.1. The number of carbonyl (C=O) groups excluding carboxylic acids is 2. The monoisotopic (exact) mass is 377 g/mol. The number of nitriles is 1. The van der Waals surface area contributed by atoms with Crippen LogP contribution in [0.4, 0.5) is 18.9 Å². The first-order valence-corrected chi connectivity index (χ1v) is 7.64. The highest BCUT2D eigenvalue weighted by molar-refractivity contribution is 6.05. The number of carbonyl (C=O) groups is 2. The average molecular weight is 377 g/mol. The molecule has 9 heteroatoms. The molecular weight excluding hydrogens is 363 g/mol. The van der Waals surface area contributed by atoms with Crippen LogP contribution in [0.1, 0.15) is 27.2 Å². The molecule has 0 saturated heterocycles. The Morgan fingerprint density at radius 2 is 1.85 bits per heavy atom. The lowest BCUT2D eigenvalue weighted by atomic mass is 10.1. The zero-order valence-corrected chi connectivity index (χ0v) is 14.3. The molecular formula is C18H14F3N3O3.